The summed E-state index contributed by atoms with van der Waals surface area (Å²) in [5.41, 5.74) is 0.651. The minimum Gasteiger partial charge on any atom is -0.462 e. The Hall–Kier alpha value is -3.53. The van der Waals surface area contributed by atoms with Gasteiger partial charge in [-0.15, -0.1) is 11.3 Å². The van der Waals surface area contributed by atoms with Crippen molar-refractivity contribution in [3.63, 3.8) is 0 Å². The number of benzene rings is 1. The molecule has 10 heteroatoms. The Bertz CT molecular complexity index is 1260. The van der Waals surface area contributed by atoms with Gasteiger partial charge in [-0.3, -0.25) is 19.0 Å². The summed E-state index contributed by atoms with van der Waals surface area (Å²) in [6.07, 6.45) is 1.33. The van der Waals surface area contributed by atoms with E-state index in [1.165, 1.54) is 10.9 Å². The minimum absolute atomic E-state index is 0.118. The lowest BCUT2D eigenvalue weighted by molar-refractivity contribution is -0.131. The number of carbonyl (C=O) groups excluding carboxylic acids is 3. The molecule has 0 bridgehead atoms. The van der Waals surface area contributed by atoms with Crippen molar-refractivity contribution in [2.45, 2.75) is 34.2 Å². The van der Waals surface area contributed by atoms with E-state index >= 15 is 0 Å². The number of nitrogens with one attached hydrogen (secondary N) is 1. The van der Waals surface area contributed by atoms with Crippen LogP contribution in [0.2, 0.25) is 0 Å². The van der Waals surface area contributed by atoms with Crippen molar-refractivity contribution in [2.75, 3.05) is 25.0 Å². The Kier molecular flexibility index (Phi) is 7.59. The van der Waals surface area contributed by atoms with E-state index in [1.807, 2.05) is 13.8 Å². The molecule has 2 heterocycles. The van der Waals surface area contributed by atoms with E-state index in [0.29, 0.717) is 39.4 Å². The summed E-state index contributed by atoms with van der Waals surface area (Å²) in [6.45, 7) is 8.32. The number of hydrogen-bond acceptors (Lipinski definition) is 7. The normalized spacial score (nSPS) is 10.8. The van der Waals surface area contributed by atoms with E-state index in [-0.39, 0.29) is 30.2 Å². The molecule has 2 aromatic heterocycles. The summed E-state index contributed by atoms with van der Waals surface area (Å²) >= 11 is 1.08. The summed E-state index contributed by atoms with van der Waals surface area (Å²) < 4.78 is 6.31. The standard InChI is InChI=1S/C23H26N4O5S/c1-5-26(6-2)17(28)12-27-13-24-21-18(22(27)30)14(4)19(33-21)20(29)25-16-11-9-8-10-15(16)23(31)32-7-3/h8-11,13H,5-7,12H2,1-4H3,(H,25,29). The van der Waals surface area contributed by atoms with Crippen LogP contribution in [0, 0.1) is 6.92 Å². The van der Waals surface area contributed by atoms with Gasteiger partial charge >= 0.3 is 5.97 Å². The fourth-order valence-corrected chi connectivity index (χ4v) is 4.50. The number of fused-ring (bicyclic) bond motifs is 1. The highest BCUT2D eigenvalue weighted by Crippen LogP contribution is 2.28. The number of esters is 1. The van der Waals surface area contributed by atoms with Gasteiger partial charge in [-0.1, -0.05) is 12.1 Å². The van der Waals surface area contributed by atoms with Gasteiger partial charge in [0.25, 0.3) is 11.5 Å². The van der Waals surface area contributed by atoms with Crippen molar-refractivity contribution in [1.82, 2.24) is 14.5 Å². The van der Waals surface area contributed by atoms with Crippen LogP contribution in [0.15, 0.2) is 35.4 Å². The number of hydrogen-bond donors (Lipinski definition) is 1. The average molecular weight is 471 g/mol. The SMILES string of the molecule is CCOC(=O)c1ccccc1NC(=O)c1sc2ncn(CC(=O)N(CC)CC)c(=O)c2c1C. The van der Waals surface area contributed by atoms with Crippen molar-refractivity contribution in [2.24, 2.45) is 0 Å². The lowest BCUT2D eigenvalue weighted by atomic mass is 10.1. The third kappa shape index (κ3) is 4.95. The molecule has 2 amide bonds. The van der Waals surface area contributed by atoms with Crippen molar-refractivity contribution in [3.05, 3.63) is 57.0 Å². The molecule has 0 atom stereocenters. The highest BCUT2D eigenvalue weighted by molar-refractivity contribution is 7.20. The number of carbonyl (C=O) groups is 3. The number of anilines is 1. The summed E-state index contributed by atoms with van der Waals surface area (Å²) in [6, 6.07) is 6.55. The van der Waals surface area contributed by atoms with Crippen LogP contribution in [0.5, 0.6) is 0 Å². The van der Waals surface area contributed by atoms with Crippen LogP contribution in [-0.4, -0.2) is 51.9 Å². The molecule has 0 radical (unpaired) electrons. The summed E-state index contributed by atoms with van der Waals surface area (Å²) in [5.74, 6) is -1.18. The molecule has 0 saturated heterocycles. The van der Waals surface area contributed by atoms with Crippen molar-refractivity contribution in [1.29, 1.82) is 0 Å². The Morgan fingerprint density at radius 1 is 1.15 bits per heavy atom. The van der Waals surface area contributed by atoms with Gasteiger partial charge in [0.05, 0.1) is 34.4 Å². The molecule has 0 fully saturated rings. The first kappa shape index (κ1) is 24.1. The van der Waals surface area contributed by atoms with E-state index in [1.54, 1.807) is 43.0 Å². The second-order valence-electron chi connectivity index (χ2n) is 7.20. The highest BCUT2D eigenvalue weighted by Gasteiger charge is 2.22. The number of likely N-dealkylation sites (N-methyl/N-ethyl adjacent to an activating group) is 1. The van der Waals surface area contributed by atoms with E-state index < -0.39 is 11.9 Å². The van der Waals surface area contributed by atoms with Crippen LogP contribution in [0.3, 0.4) is 0 Å². The fraction of sp³-hybridized carbons (Fsp3) is 0.348. The topological polar surface area (TPSA) is 111 Å². The molecule has 0 spiro atoms. The first-order chi connectivity index (χ1) is 15.8. The third-order valence-electron chi connectivity index (χ3n) is 5.22. The molecule has 3 rings (SSSR count). The van der Waals surface area contributed by atoms with Gasteiger partial charge in [0.2, 0.25) is 5.91 Å². The number of rotatable bonds is 8. The number of ether oxygens (including phenoxy) is 1. The molecule has 9 nitrogen and oxygen atoms in total. The van der Waals surface area contributed by atoms with Gasteiger partial charge in [0.1, 0.15) is 11.4 Å². The number of para-hydroxylation sites is 1. The van der Waals surface area contributed by atoms with E-state index in [0.717, 1.165) is 11.3 Å². The largest absolute Gasteiger partial charge is 0.462 e. The molecule has 0 saturated carbocycles. The summed E-state index contributed by atoms with van der Waals surface area (Å²) in [5, 5.41) is 3.04. The monoisotopic (exact) mass is 470 g/mol. The van der Waals surface area contributed by atoms with E-state index in [4.69, 9.17) is 4.74 Å². The van der Waals surface area contributed by atoms with Crippen LogP contribution in [-0.2, 0) is 16.1 Å². The molecule has 0 aliphatic carbocycles. The zero-order chi connectivity index (χ0) is 24.1. The number of aromatic nitrogens is 2. The Balaban J connectivity index is 1.93. The van der Waals surface area contributed by atoms with Crippen LogP contribution >= 0.6 is 11.3 Å². The lowest BCUT2D eigenvalue weighted by Gasteiger charge is -2.18. The molecule has 0 aliphatic heterocycles. The highest BCUT2D eigenvalue weighted by atomic mass is 32.1. The molecule has 0 unspecified atom stereocenters. The predicted molar refractivity (Wildman–Crippen MR) is 127 cm³/mol. The molecule has 0 aliphatic rings. The third-order valence-corrected chi connectivity index (χ3v) is 6.41. The second kappa shape index (κ2) is 10.4. The van der Waals surface area contributed by atoms with Gasteiger partial charge < -0.3 is 15.0 Å². The summed E-state index contributed by atoms with van der Waals surface area (Å²) in [7, 11) is 0. The van der Waals surface area contributed by atoms with Crippen LogP contribution < -0.4 is 10.9 Å². The van der Waals surface area contributed by atoms with Gasteiger partial charge in [0, 0.05) is 13.1 Å². The number of thiophene rings is 1. The fourth-order valence-electron chi connectivity index (χ4n) is 3.47. The lowest BCUT2D eigenvalue weighted by Crippen LogP contribution is -2.36. The maximum absolute atomic E-state index is 13.1. The smallest absolute Gasteiger partial charge is 0.340 e. The van der Waals surface area contributed by atoms with Gasteiger partial charge in [0.15, 0.2) is 0 Å². The molecule has 33 heavy (non-hydrogen) atoms. The van der Waals surface area contributed by atoms with Crippen molar-refractivity contribution in [3.8, 4) is 0 Å². The van der Waals surface area contributed by atoms with Crippen LogP contribution in [0.1, 0.15) is 46.4 Å². The maximum atomic E-state index is 13.1. The van der Waals surface area contributed by atoms with E-state index in [9.17, 15) is 19.2 Å². The zero-order valence-corrected chi connectivity index (χ0v) is 19.8. The molecule has 1 aromatic carbocycles. The first-order valence-electron chi connectivity index (χ1n) is 10.7. The Morgan fingerprint density at radius 2 is 1.85 bits per heavy atom. The molecule has 3 aromatic rings. The van der Waals surface area contributed by atoms with Crippen LogP contribution in [0.4, 0.5) is 5.69 Å². The second-order valence-corrected chi connectivity index (χ2v) is 8.20. The van der Waals surface area contributed by atoms with E-state index in [2.05, 4.69) is 10.3 Å². The summed E-state index contributed by atoms with van der Waals surface area (Å²) in [4.78, 5) is 57.4. The Labute approximate surface area is 195 Å². The minimum atomic E-state index is -0.538. The molecular formula is C23H26N4O5S. The number of amides is 2. The molecular weight excluding hydrogens is 444 g/mol. The van der Waals surface area contributed by atoms with Crippen molar-refractivity contribution < 1.29 is 19.1 Å². The van der Waals surface area contributed by atoms with Gasteiger partial charge in [-0.2, -0.15) is 0 Å². The quantitative estimate of drug-likeness (QED) is 0.507. The van der Waals surface area contributed by atoms with Gasteiger partial charge in [-0.25, -0.2) is 9.78 Å². The number of aryl methyl sites for hydroxylation is 1. The first-order valence-corrected chi connectivity index (χ1v) is 11.5. The maximum Gasteiger partial charge on any atom is 0.340 e. The predicted octanol–water partition coefficient (Wildman–Crippen LogP) is 3.06. The molecule has 174 valence electrons. The number of nitrogens with zero attached hydrogens (tertiary/aromatic N) is 3. The Morgan fingerprint density at radius 3 is 2.52 bits per heavy atom. The van der Waals surface area contributed by atoms with Crippen molar-refractivity contribution >= 4 is 45.0 Å². The average Bonchev–Trinajstić information content (AvgIpc) is 3.14. The van der Waals surface area contributed by atoms with Gasteiger partial charge in [-0.05, 0) is 45.4 Å². The molecule has 1 N–H and O–H groups in total. The zero-order valence-electron chi connectivity index (χ0n) is 19.0. The van der Waals surface area contributed by atoms with Crippen LogP contribution in [0.25, 0.3) is 10.2 Å².